The van der Waals surface area contributed by atoms with E-state index in [1.54, 1.807) is 37.3 Å². The van der Waals surface area contributed by atoms with Crippen LogP contribution in [0.4, 0.5) is 0 Å². The largest absolute Gasteiger partial charge is 0.419 e. The first kappa shape index (κ1) is 31.4. The molecule has 14 heteroatoms. The van der Waals surface area contributed by atoms with Crippen molar-refractivity contribution < 1.29 is 32.7 Å². The van der Waals surface area contributed by atoms with Gasteiger partial charge < -0.3 is 28.5 Å². The molecule has 47 heavy (non-hydrogen) atoms. The third-order valence-corrected chi connectivity index (χ3v) is 7.91. The number of nitrogens with one attached hydrogen (secondary N) is 1. The number of ether oxygens (including phenoxy) is 2. The third-order valence-electron chi connectivity index (χ3n) is 7.91. The number of benzene rings is 2. The molecular weight excluding hydrogens is 612 g/mol. The van der Waals surface area contributed by atoms with Crippen LogP contribution < -0.4 is 31.6 Å². The normalized spacial score (nSPS) is 16.8. The molecule has 1 amide bonds. The molecule has 0 spiro atoms. The first-order chi connectivity index (χ1) is 22.6. The lowest BCUT2D eigenvalue weighted by Gasteiger charge is -2.32. The summed E-state index contributed by atoms with van der Waals surface area (Å²) in [5.41, 5.74) is -2.98. The molecule has 242 valence electrons. The molecule has 2 bridgehead atoms. The zero-order chi connectivity index (χ0) is 33.2. The number of likely N-dealkylation sites (N-methyl/N-ethyl adjacent to an activating group) is 1. The van der Waals surface area contributed by atoms with Crippen molar-refractivity contribution in [2.24, 2.45) is 0 Å². The summed E-state index contributed by atoms with van der Waals surface area (Å²) in [6, 6.07) is 11.3. The van der Waals surface area contributed by atoms with Gasteiger partial charge in [-0.3, -0.25) is 19.1 Å². The molecular formula is C33H30N4O10. The van der Waals surface area contributed by atoms with Gasteiger partial charge in [0.05, 0.1) is 17.5 Å². The van der Waals surface area contributed by atoms with Crippen molar-refractivity contribution in [3.63, 3.8) is 0 Å². The highest BCUT2D eigenvalue weighted by Crippen LogP contribution is 2.43. The zero-order valence-corrected chi connectivity index (χ0v) is 25.5. The van der Waals surface area contributed by atoms with E-state index in [-0.39, 0.29) is 46.7 Å². The van der Waals surface area contributed by atoms with Gasteiger partial charge in [0.15, 0.2) is 11.3 Å². The van der Waals surface area contributed by atoms with Gasteiger partial charge in [0.2, 0.25) is 17.4 Å². The topological polar surface area (TPSA) is 171 Å². The first-order valence-electron chi connectivity index (χ1n) is 14.9. The van der Waals surface area contributed by atoms with Gasteiger partial charge in [0.1, 0.15) is 6.17 Å². The monoisotopic (exact) mass is 642 g/mol. The van der Waals surface area contributed by atoms with Crippen LogP contribution >= 0.6 is 0 Å². The lowest BCUT2D eigenvalue weighted by molar-refractivity contribution is -0.133. The van der Waals surface area contributed by atoms with Crippen molar-refractivity contribution in [3.8, 4) is 22.6 Å². The Morgan fingerprint density at radius 3 is 2.21 bits per heavy atom. The molecule has 0 aliphatic carbocycles. The number of carbonyl (C=O) groups is 3. The van der Waals surface area contributed by atoms with Crippen molar-refractivity contribution in [2.75, 3.05) is 39.8 Å². The fraction of sp³-hybridized carbons (Fsp3) is 0.273. The number of aromatic nitrogens is 1. The fourth-order valence-electron chi connectivity index (χ4n) is 5.61. The van der Waals surface area contributed by atoms with E-state index in [4.69, 9.17) is 18.3 Å². The van der Waals surface area contributed by atoms with Gasteiger partial charge in [-0.1, -0.05) is 37.3 Å². The molecule has 1 saturated heterocycles. The minimum absolute atomic E-state index is 0.0605. The van der Waals surface area contributed by atoms with Crippen LogP contribution in [0.5, 0.6) is 11.5 Å². The second-order valence-electron chi connectivity index (χ2n) is 11.1. The summed E-state index contributed by atoms with van der Waals surface area (Å²) in [7, 11) is 2.01. The summed E-state index contributed by atoms with van der Waals surface area (Å²) < 4.78 is 23.4. The van der Waals surface area contributed by atoms with E-state index >= 15 is 0 Å². The van der Waals surface area contributed by atoms with Crippen LogP contribution in [0.1, 0.15) is 19.5 Å². The number of carbonyl (C=O) groups excluding carboxylic acids is 3. The summed E-state index contributed by atoms with van der Waals surface area (Å²) in [5.74, 6) is -3.09. The third kappa shape index (κ3) is 6.41. The minimum atomic E-state index is -1.06. The summed E-state index contributed by atoms with van der Waals surface area (Å²) in [6.07, 6.45) is 0.866. The average molecular weight is 643 g/mol. The Hall–Kier alpha value is -5.60. The highest BCUT2D eigenvalue weighted by molar-refractivity contribution is 6.13. The van der Waals surface area contributed by atoms with E-state index in [2.05, 4.69) is 10.2 Å². The maximum atomic E-state index is 14.5. The van der Waals surface area contributed by atoms with Crippen LogP contribution in [-0.2, 0) is 14.4 Å². The predicted molar refractivity (Wildman–Crippen MR) is 169 cm³/mol. The molecule has 2 aromatic heterocycles. The van der Waals surface area contributed by atoms with Crippen molar-refractivity contribution in [1.82, 2.24) is 19.7 Å². The molecule has 1 fully saturated rings. The number of rotatable bonds is 6. The number of hydrogen-bond donors (Lipinski definition) is 1. The molecule has 4 heterocycles. The second kappa shape index (κ2) is 13.0. The van der Waals surface area contributed by atoms with Crippen LogP contribution in [0.25, 0.3) is 33.2 Å². The van der Waals surface area contributed by atoms with Crippen molar-refractivity contribution in [1.29, 1.82) is 0 Å². The number of nitrogens with zero attached hydrogens (tertiary/aromatic N) is 3. The van der Waals surface area contributed by atoms with Crippen molar-refractivity contribution in [3.05, 3.63) is 91.9 Å². The minimum Gasteiger partial charge on any atom is -0.419 e. The van der Waals surface area contributed by atoms with E-state index in [9.17, 15) is 28.8 Å². The zero-order valence-electron chi connectivity index (χ0n) is 25.5. The average Bonchev–Trinajstić information content (AvgIpc) is 3.04. The number of hydrogen-bond acceptors (Lipinski definition) is 12. The van der Waals surface area contributed by atoms with Gasteiger partial charge in [-0.05, 0) is 25.1 Å². The summed E-state index contributed by atoms with van der Waals surface area (Å²) >= 11 is 0. The Kier molecular flexibility index (Phi) is 8.70. The Morgan fingerprint density at radius 1 is 0.872 bits per heavy atom. The molecule has 14 nitrogen and oxygen atoms in total. The van der Waals surface area contributed by atoms with Crippen LogP contribution in [-0.4, -0.2) is 72.0 Å². The first-order valence-corrected chi connectivity index (χ1v) is 14.9. The van der Waals surface area contributed by atoms with Crippen LogP contribution in [0.2, 0.25) is 0 Å². The number of piperazine rings is 1. The fourth-order valence-corrected chi connectivity index (χ4v) is 5.61. The number of fused-ring (bicyclic) bond motifs is 3. The SMILES string of the molecule is CCC(NC(=O)CN1CCN(C)CC1)n1c(=O)c2cc3c(c4oc(=O)ccc(=O)oc1c(-c1ccccc1)c42)OC(=O)/C=C\C(=O)O3. The maximum absolute atomic E-state index is 14.5. The van der Waals surface area contributed by atoms with Gasteiger partial charge in [-0.2, -0.15) is 0 Å². The van der Waals surface area contributed by atoms with E-state index in [0.717, 1.165) is 41.9 Å². The summed E-state index contributed by atoms with van der Waals surface area (Å²) in [6.45, 7) is 4.81. The smallest absolute Gasteiger partial charge is 0.337 e. The number of pyridine rings is 1. The molecule has 4 aromatic rings. The molecule has 0 radical (unpaired) electrons. The molecule has 2 aliphatic rings. The molecule has 1 unspecified atom stereocenters. The molecule has 2 aromatic carbocycles. The predicted octanol–water partition coefficient (Wildman–Crippen LogP) is 1.94. The lowest BCUT2D eigenvalue weighted by atomic mass is 9.98. The number of esters is 2. The molecule has 6 rings (SSSR count). The van der Waals surface area contributed by atoms with Gasteiger partial charge in [0, 0.05) is 55.9 Å². The van der Waals surface area contributed by atoms with E-state index < -0.39 is 46.2 Å². The van der Waals surface area contributed by atoms with Crippen molar-refractivity contribution in [2.45, 2.75) is 19.5 Å². The Balaban J connectivity index is 1.69. The summed E-state index contributed by atoms with van der Waals surface area (Å²) in [5, 5.41) is 2.71. The van der Waals surface area contributed by atoms with E-state index in [0.29, 0.717) is 18.7 Å². The lowest BCUT2D eigenvalue weighted by Crippen LogP contribution is -2.49. The van der Waals surface area contributed by atoms with Crippen LogP contribution in [0.3, 0.4) is 0 Å². The maximum Gasteiger partial charge on any atom is 0.337 e. The van der Waals surface area contributed by atoms with E-state index in [1.165, 1.54) is 6.07 Å². The molecule has 0 saturated carbocycles. The van der Waals surface area contributed by atoms with Crippen molar-refractivity contribution >= 4 is 39.9 Å². The van der Waals surface area contributed by atoms with Crippen LogP contribution in [0, 0.1) is 0 Å². The molecule has 1 atom stereocenters. The standard InChI is InChI=1S/C33H30N4O10/c1-3-22(34-23(38)18-36-15-13-35(2)14-16-36)37-32(43)20-17-21-30(45-25(40)10-9-24(39)44-21)31-29(20)28(19-7-5-4-6-8-19)33(37)47-27(42)12-11-26(41)46-31/h4-12,17,22H,3,13-16,18H2,1-2H3,(H,34,38)/b10-9-,12-11?. The second-order valence-corrected chi connectivity index (χ2v) is 11.1. The quantitative estimate of drug-likeness (QED) is 0.240. The number of amides is 1. The molecule has 1 N–H and O–H groups in total. The van der Waals surface area contributed by atoms with Gasteiger partial charge in [-0.25, -0.2) is 19.2 Å². The summed E-state index contributed by atoms with van der Waals surface area (Å²) in [4.78, 5) is 83.1. The van der Waals surface area contributed by atoms with Gasteiger partial charge in [0.25, 0.3) is 5.56 Å². The Labute approximate surface area is 266 Å². The van der Waals surface area contributed by atoms with Gasteiger partial charge in [-0.15, -0.1) is 0 Å². The Bertz CT molecular complexity index is 2140. The highest BCUT2D eigenvalue weighted by Gasteiger charge is 2.30. The molecule has 2 aliphatic heterocycles. The van der Waals surface area contributed by atoms with Gasteiger partial charge >= 0.3 is 23.2 Å². The Morgan fingerprint density at radius 2 is 1.53 bits per heavy atom. The highest BCUT2D eigenvalue weighted by atomic mass is 16.6. The van der Waals surface area contributed by atoms with E-state index in [1.807, 2.05) is 11.9 Å². The van der Waals surface area contributed by atoms with Crippen LogP contribution in [0.15, 0.2) is 83.9 Å².